The van der Waals surface area contributed by atoms with Crippen molar-refractivity contribution in [3.8, 4) is 5.75 Å². The molecule has 1 unspecified atom stereocenters. The second-order valence-corrected chi connectivity index (χ2v) is 3.45. The Bertz CT molecular complexity index is 246. The van der Waals surface area contributed by atoms with Crippen molar-refractivity contribution in [1.29, 1.82) is 0 Å². The summed E-state index contributed by atoms with van der Waals surface area (Å²) in [5.41, 5.74) is 0. The molecule has 0 N–H and O–H groups in total. The molecular weight excluding hydrogens is 188 g/mol. The van der Waals surface area contributed by atoms with Gasteiger partial charge in [-0.15, -0.1) is 0 Å². The average molecular weight is 207 g/mol. The molecule has 0 saturated carbocycles. The van der Waals surface area contributed by atoms with E-state index >= 15 is 0 Å². The van der Waals surface area contributed by atoms with Crippen LogP contribution in [0.2, 0.25) is 0 Å². The van der Waals surface area contributed by atoms with Crippen LogP contribution in [-0.2, 0) is 4.74 Å². The van der Waals surface area contributed by atoms with Crippen molar-refractivity contribution in [3.05, 3.63) is 37.3 Å². The first-order valence-electron chi connectivity index (χ1n) is 5.45. The van der Waals surface area contributed by atoms with Crippen molar-refractivity contribution in [3.63, 3.8) is 0 Å². The van der Waals surface area contributed by atoms with Gasteiger partial charge in [-0.25, -0.2) is 0 Å². The van der Waals surface area contributed by atoms with Gasteiger partial charge in [0.15, 0.2) is 0 Å². The molecular formula is C13H19O2. The molecule has 1 rings (SSSR count). The highest BCUT2D eigenvalue weighted by atomic mass is 16.5. The summed E-state index contributed by atoms with van der Waals surface area (Å²) in [4.78, 5) is 0. The minimum Gasteiger partial charge on any atom is -0.490 e. The Hall–Kier alpha value is -1.02. The van der Waals surface area contributed by atoms with Gasteiger partial charge in [0.25, 0.3) is 0 Å². The molecule has 1 aromatic carbocycles. The van der Waals surface area contributed by atoms with Crippen molar-refractivity contribution in [2.24, 2.45) is 0 Å². The Morgan fingerprint density at radius 1 is 1.20 bits per heavy atom. The lowest BCUT2D eigenvalue weighted by atomic mass is 10.3. The zero-order chi connectivity index (χ0) is 10.9. The summed E-state index contributed by atoms with van der Waals surface area (Å²) in [6.07, 6.45) is 1.85. The number of para-hydroxylation sites is 1. The topological polar surface area (TPSA) is 18.5 Å². The van der Waals surface area contributed by atoms with Crippen LogP contribution < -0.4 is 4.74 Å². The average Bonchev–Trinajstić information content (AvgIpc) is 2.26. The van der Waals surface area contributed by atoms with Crippen LogP contribution >= 0.6 is 0 Å². The van der Waals surface area contributed by atoms with Crippen LogP contribution in [0.1, 0.15) is 19.8 Å². The smallest absolute Gasteiger partial charge is 0.119 e. The van der Waals surface area contributed by atoms with E-state index < -0.39 is 0 Å². The van der Waals surface area contributed by atoms with Crippen LogP contribution in [0.25, 0.3) is 0 Å². The maximum atomic E-state index is 5.60. The molecule has 2 heteroatoms. The van der Waals surface area contributed by atoms with Crippen molar-refractivity contribution in [2.75, 3.05) is 13.2 Å². The van der Waals surface area contributed by atoms with Crippen LogP contribution in [0, 0.1) is 6.92 Å². The van der Waals surface area contributed by atoms with E-state index in [1.165, 1.54) is 0 Å². The number of ether oxygens (including phenoxy) is 2. The maximum absolute atomic E-state index is 5.60. The molecule has 0 aliphatic heterocycles. The van der Waals surface area contributed by atoms with E-state index in [2.05, 4.69) is 13.8 Å². The monoisotopic (exact) mass is 207 g/mol. The highest BCUT2D eigenvalue weighted by Crippen LogP contribution is 2.11. The van der Waals surface area contributed by atoms with E-state index in [-0.39, 0.29) is 6.10 Å². The molecule has 1 aromatic rings. The van der Waals surface area contributed by atoms with Gasteiger partial charge in [-0.1, -0.05) is 25.1 Å². The van der Waals surface area contributed by atoms with E-state index in [9.17, 15) is 0 Å². The summed E-state index contributed by atoms with van der Waals surface area (Å²) in [6, 6.07) is 9.75. The zero-order valence-electron chi connectivity index (χ0n) is 9.32. The molecule has 0 amide bonds. The molecule has 1 radical (unpaired) electrons. The first kappa shape index (κ1) is 12.1. The van der Waals surface area contributed by atoms with Gasteiger partial charge in [-0.2, -0.15) is 0 Å². The molecule has 0 fully saturated rings. The quantitative estimate of drug-likeness (QED) is 0.640. The molecule has 0 aliphatic carbocycles. The fourth-order valence-corrected chi connectivity index (χ4v) is 1.21. The third-order valence-corrected chi connectivity index (χ3v) is 1.98. The predicted molar refractivity (Wildman–Crippen MR) is 61.9 cm³/mol. The molecule has 0 saturated heterocycles. The predicted octanol–water partition coefficient (Wildman–Crippen LogP) is 3.08. The zero-order valence-corrected chi connectivity index (χ0v) is 9.32. The van der Waals surface area contributed by atoms with Crippen molar-refractivity contribution < 1.29 is 9.47 Å². The Morgan fingerprint density at radius 2 is 1.93 bits per heavy atom. The standard InChI is InChI=1S/C13H19O2/c1-3-10-14-11-9-12(2)15-13-7-5-4-6-8-13/h4-8,12H,2-3,9-11H2,1H3. The van der Waals surface area contributed by atoms with E-state index in [1.807, 2.05) is 30.3 Å². The molecule has 0 heterocycles. The number of hydrogen-bond donors (Lipinski definition) is 0. The normalized spacial score (nSPS) is 12.4. The van der Waals surface area contributed by atoms with Crippen LogP contribution in [-0.4, -0.2) is 19.3 Å². The fraction of sp³-hybridized carbons (Fsp3) is 0.462. The summed E-state index contributed by atoms with van der Waals surface area (Å²) in [5, 5.41) is 0. The molecule has 83 valence electrons. The third kappa shape index (κ3) is 5.43. The molecule has 0 aliphatic rings. The SMILES string of the molecule is [CH2]C(CCOCCC)Oc1ccccc1. The minimum absolute atomic E-state index is 0.0377. The number of benzene rings is 1. The third-order valence-electron chi connectivity index (χ3n) is 1.98. The summed E-state index contributed by atoms with van der Waals surface area (Å²) in [6.45, 7) is 7.56. The lowest BCUT2D eigenvalue weighted by Gasteiger charge is -2.14. The van der Waals surface area contributed by atoms with Gasteiger partial charge in [0.2, 0.25) is 0 Å². The fourth-order valence-electron chi connectivity index (χ4n) is 1.21. The number of hydrogen-bond acceptors (Lipinski definition) is 2. The Balaban J connectivity index is 2.16. The van der Waals surface area contributed by atoms with Crippen molar-refractivity contribution in [1.82, 2.24) is 0 Å². The highest BCUT2D eigenvalue weighted by molar-refractivity contribution is 5.21. The van der Waals surface area contributed by atoms with E-state index in [4.69, 9.17) is 9.47 Å². The van der Waals surface area contributed by atoms with Crippen LogP contribution in [0.4, 0.5) is 0 Å². The van der Waals surface area contributed by atoms with Gasteiger partial charge in [0, 0.05) is 13.0 Å². The molecule has 0 spiro atoms. The van der Waals surface area contributed by atoms with Crippen LogP contribution in [0.3, 0.4) is 0 Å². The number of rotatable bonds is 7. The van der Waals surface area contributed by atoms with Gasteiger partial charge in [0.1, 0.15) is 11.9 Å². The van der Waals surface area contributed by atoms with E-state index in [1.54, 1.807) is 0 Å². The summed E-state index contributed by atoms with van der Waals surface area (Å²) < 4.78 is 11.0. The van der Waals surface area contributed by atoms with Crippen molar-refractivity contribution in [2.45, 2.75) is 25.9 Å². The van der Waals surface area contributed by atoms with Crippen LogP contribution in [0.15, 0.2) is 30.3 Å². The summed E-state index contributed by atoms with van der Waals surface area (Å²) >= 11 is 0. The lowest BCUT2D eigenvalue weighted by Crippen LogP contribution is -2.15. The van der Waals surface area contributed by atoms with Gasteiger partial charge in [-0.05, 0) is 25.5 Å². The van der Waals surface area contributed by atoms with Gasteiger partial charge in [0.05, 0.1) is 6.61 Å². The largest absolute Gasteiger partial charge is 0.490 e. The lowest BCUT2D eigenvalue weighted by molar-refractivity contribution is 0.105. The Morgan fingerprint density at radius 3 is 2.60 bits per heavy atom. The van der Waals surface area contributed by atoms with Gasteiger partial charge in [-0.3, -0.25) is 0 Å². The Labute approximate surface area is 92.2 Å². The highest BCUT2D eigenvalue weighted by Gasteiger charge is 2.03. The van der Waals surface area contributed by atoms with Crippen LogP contribution in [0.5, 0.6) is 5.75 Å². The molecule has 2 nitrogen and oxygen atoms in total. The molecule has 0 aromatic heterocycles. The summed E-state index contributed by atoms with van der Waals surface area (Å²) in [5.74, 6) is 0.869. The molecule has 0 bridgehead atoms. The van der Waals surface area contributed by atoms with Crippen molar-refractivity contribution >= 4 is 0 Å². The minimum atomic E-state index is -0.0377. The van der Waals surface area contributed by atoms with E-state index in [0.717, 1.165) is 31.8 Å². The maximum Gasteiger partial charge on any atom is 0.119 e. The second kappa shape index (κ2) is 7.30. The second-order valence-electron chi connectivity index (χ2n) is 3.45. The summed E-state index contributed by atoms with van der Waals surface area (Å²) in [7, 11) is 0. The molecule has 1 atom stereocenters. The van der Waals surface area contributed by atoms with Gasteiger partial charge < -0.3 is 9.47 Å². The first-order valence-corrected chi connectivity index (χ1v) is 5.45. The Kier molecular flexibility index (Phi) is 5.86. The first-order chi connectivity index (χ1) is 7.33. The van der Waals surface area contributed by atoms with Gasteiger partial charge >= 0.3 is 0 Å². The van der Waals surface area contributed by atoms with E-state index in [0.29, 0.717) is 0 Å². The molecule has 15 heavy (non-hydrogen) atoms.